The van der Waals surface area contributed by atoms with Crippen molar-refractivity contribution < 1.29 is 19.3 Å². The Kier molecular flexibility index (Phi) is 4.57. The number of rotatable bonds is 5. The number of phenolic OH excluding ortho intramolecular Hbond substituents is 1. The van der Waals surface area contributed by atoms with Crippen molar-refractivity contribution in [3.05, 3.63) is 54.2 Å². The summed E-state index contributed by atoms with van der Waals surface area (Å²) in [6, 6.07) is 15.0. The highest BCUT2D eigenvalue weighted by atomic mass is 16.5. The number of phenols is 1. The van der Waals surface area contributed by atoms with E-state index in [0.717, 1.165) is 22.6 Å². The summed E-state index contributed by atoms with van der Waals surface area (Å²) in [5.74, 6) is 2.01. The molecule has 3 aromatic rings. The molecule has 0 saturated heterocycles. The van der Waals surface area contributed by atoms with Gasteiger partial charge in [-0.3, -0.25) is 0 Å². The van der Waals surface area contributed by atoms with Crippen LogP contribution in [0.2, 0.25) is 0 Å². The molecule has 3 rings (SSSR count). The van der Waals surface area contributed by atoms with Gasteiger partial charge in [-0.15, -0.1) is 0 Å². The highest BCUT2D eigenvalue weighted by Crippen LogP contribution is 2.42. The maximum absolute atomic E-state index is 9.55. The van der Waals surface area contributed by atoms with Gasteiger partial charge in [0.25, 0.3) is 0 Å². The van der Waals surface area contributed by atoms with Gasteiger partial charge < -0.3 is 23.9 Å². The number of aromatic hydroxyl groups is 1. The second-order valence-corrected chi connectivity index (χ2v) is 5.63. The maximum atomic E-state index is 9.55. The number of aryl methyl sites for hydroxylation is 1. The van der Waals surface area contributed by atoms with E-state index in [2.05, 4.69) is 4.57 Å². The zero-order chi connectivity index (χ0) is 18.0. The van der Waals surface area contributed by atoms with Crippen molar-refractivity contribution in [1.82, 2.24) is 4.57 Å². The zero-order valence-electron chi connectivity index (χ0n) is 14.7. The summed E-state index contributed by atoms with van der Waals surface area (Å²) in [6.45, 7) is 2.04. The molecule has 1 aromatic heterocycles. The van der Waals surface area contributed by atoms with Gasteiger partial charge in [0.1, 0.15) is 5.75 Å². The predicted octanol–water partition coefficient (Wildman–Crippen LogP) is 4.18. The van der Waals surface area contributed by atoms with Crippen LogP contribution in [-0.2, 0) is 0 Å². The quantitative estimate of drug-likeness (QED) is 0.757. The molecule has 0 aliphatic carbocycles. The van der Waals surface area contributed by atoms with E-state index in [1.807, 2.05) is 43.3 Å². The molecule has 0 amide bonds. The van der Waals surface area contributed by atoms with E-state index in [0.29, 0.717) is 17.2 Å². The van der Waals surface area contributed by atoms with Crippen molar-refractivity contribution in [3.8, 4) is 39.9 Å². The van der Waals surface area contributed by atoms with Crippen LogP contribution >= 0.6 is 0 Å². The maximum Gasteiger partial charge on any atom is 0.203 e. The molecule has 25 heavy (non-hydrogen) atoms. The summed E-state index contributed by atoms with van der Waals surface area (Å²) in [6.07, 6.45) is 0. The van der Waals surface area contributed by atoms with E-state index in [9.17, 15) is 5.11 Å². The van der Waals surface area contributed by atoms with Crippen molar-refractivity contribution in [2.24, 2.45) is 0 Å². The lowest BCUT2D eigenvalue weighted by Crippen LogP contribution is -2.00. The van der Waals surface area contributed by atoms with Crippen molar-refractivity contribution in [3.63, 3.8) is 0 Å². The number of hydrogen-bond donors (Lipinski definition) is 1. The third kappa shape index (κ3) is 3.01. The molecule has 0 aliphatic rings. The van der Waals surface area contributed by atoms with Gasteiger partial charge >= 0.3 is 0 Å². The van der Waals surface area contributed by atoms with Crippen LogP contribution < -0.4 is 14.2 Å². The Balaban J connectivity index is 2.19. The third-order valence-corrected chi connectivity index (χ3v) is 4.14. The SMILES string of the molecule is COc1cc(-c2ccc(C)n2-c2ccc(O)cc2)cc(OC)c1OC. The molecule has 1 heterocycles. The first-order chi connectivity index (χ1) is 12.1. The van der Waals surface area contributed by atoms with Crippen molar-refractivity contribution in [2.45, 2.75) is 6.92 Å². The topological polar surface area (TPSA) is 52.9 Å². The van der Waals surface area contributed by atoms with Crippen LogP contribution in [0.25, 0.3) is 16.9 Å². The molecule has 0 fully saturated rings. The highest BCUT2D eigenvalue weighted by Gasteiger charge is 2.17. The largest absolute Gasteiger partial charge is 0.508 e. The van der Waals surface area contributed by atoms with Crippen molar-refractivity contribution in [2.75, 3.05) is 21.3 Å². The zero-order valence-corrected chi connectivity index (χ0v) is 14.7. The first kappa shape index (κ1) is 16.8. The molecular formula is C20H21NO4. The van der Waals surface area contributed by atoms with E-state index in [1.165, 1.54) is 0 Å². The number of benzene rings is 2. The van der Waals surface area contributed by atoms with Gasteiger partial charge in [-0.25, -0.2) is 0 Å². The van der Waals surface area contributed by atoms with E-state index >= 15 is 0 Å². The second-order valence-electron chi connectivity index (χ2n) is 5.63. The molecule has 0 bridgehead atoms. The summed E-state index contributed by atoms with van der Waals surface area (Å²) in [4.78, 5) is 0. The van der Waals surface area contributed by atoms with Crippen LogP contribution in [-0.4, -0.2) is 31.0 Å². The lowest BCUT2D eigenvalue weighted by molar-refractivity contribution is 0.324. The smallest absolute Gasteiger partial charge is 0.203 e. The lowest BCUT2D eigenvalue weighted by Gasteiger charge is -2.16. The predicted molar refractivity (Wildman–Crippen MR) is 97.3 cm³/mol. The summed E-state index contributed by atoms with van der Waals surface area (Å²) < 4.78 is 18.4. The molecule has 2 aromatic carbocycles. The average Bonchev–Trinajstić information content (AvgIpc) is 3.02. The van der Waals surface area contributed by atoms with Crippen LogP contribution in [0, 0.1) is 6.92 Å². The molecule has 1 N–H and O–H groups in total. The normalized spacial score (nSPS) is 10.6. The minimum absolute atomic E-state index is 0.239. The van der Waals surface area contributed by atoms with Gasteiger partial charge in [0, 0.05) is 16.9 Å². The van der Waals surface area contributed by atoms with Gasteiger partial charge in [0.15, 0.2) is 11.5 Å². The fraction of sp³-hybridized carbons (Fsp3) is 0.200. The van der Waals surface area contributed by atoms with Gasteiger partial charge in [0.2, 0.25) is 5.75 Å². The number of nitrogens with zero attached hydrogens (tertiary/aromatic N) is 1. The molecule has 0 aliphatic heterocycles. The lowest BCUT2D eigenvalue weighted by atomic mass is 10.1. The number of aromatic nitrogens is 1. The molecule has 0 unspecified atom stereocenters. The van der Waals surface area contributed by atoms with Crippen molar-refractivity contribution in [1.29, 1.82) is 0 Å². The van der Waals surface area contributed by atoms with Gasteiger partial charge in [-0.05, 0) is 55.5 Å². The Morgan fingerprint density at radius 1 is 0.800 bits per heavy atom. The van der Waals surface area contributed by atoms with E-state index in [-0.39, 0.29) is 5.75 Å². The molecule has 0 saturated carbocycles. The Bertz CT molecular complexity index is 856. The van der Waals surface area contributed by atoms with Crippen LogP contribution in [0.3, 0.4) is 0 Å². The third-order valence-electron chi connectivity index (χ3n) is 4.14. The highest BCUT2D eigenvalue weighted by molar-refractivity contribution is 5.71. The number of methoxy groups -OCH3 is 3. The van der Waals surface area contributed by atoms with Gasteiger partial charge in [0.05, 0.1) is 27.0 Å². The first-order valence-corrected chi connectivity index (χ1v) is 7.87. The Morgan fingerprint density at radius 2 is 1.40 bits per heavy atom. The summed E-state index contributed by atoms with van der Waals surface area (Å²) >= 11 is 0. The Labute approximate surface area is 147 Å². The molecule has 5 heteroatoms. The monoisotopic (exact) mass is 339 g/mol. The van der Waals surface area contributed by atoms with E-state index in [4.69, 9.17) is 14.2 Å². The molecule has 130 valence electrons. The fourth-order valence-corrected chi connectivity index (χ4v) is 2.94. The standard InChI is InChI=1S/C20H21NO4/c1-13-5-10-17(21(13)15-6-8-16(22)9-7-15)14-11-18(23-2)20(25-4)19(12-14)24-3/h5-12,22H,1-4H3. The summed E-state index contributed by atoms with van der Waals surface area (Å²) in [5, 5.41) is 9.55. The Morgan fingerprint density at radius 3 is 1.92 bits per heavy atom. The first-order valence-electron chi connectivity index (χ1n) is 7.87. The minimum atomic E-state index is 0.239. The summed E-state index contributed by atoms with van der Waals surface area (Å²) in [5.41, 5.74) is 3.97. The average molecular weight is 339 g/mol. The minimum Gasteiger partial charge on any atom is -0.508 e. The molecule has 0 spiro atoms. The second kappa shape index (κ2) is 6.81. The van der Waals surface area contributed by atoms with Crippen molar-refractivity contribution >= 4 is 0 Å². The van der Waals surface area contributed by atoms with Crippen LogP contribution in [0.15, 0.2) is 48.5 Å². The number of ether oxygens (including phenoxy) is 3. The Hall–Kier alpha value is -3.08. The fourth-order valence-electron chi connectivity index (χ4n) is 2.94. The van der Waals surface area contributed by atoms with Gasteiger partial charge in [-0.1, -0.05) is 0 Å². The van der Waals surface area contributed by atoms with Gasteiger partial charge in [-0.2, -0.15) is 0 Å². The summed E-state index contributed by atoms with van der Waals surface area (Å²) in [7, 11) is 4.79. The van der Waals surface area contributed by atoms with E-state index < -0.39 is 0 Å². The molecular weight excluding hydrogens is 318 g/mol. The van der Waals surface area contributed by atoms with Crippen LogP contribution in [0.5, 0.6) is 23.0 Å². The molecule has 5 nitrogen and oxygen atoms in total. The molecule has 0 radical (unpaired) electrons. The van der Waals surface area contributed by atoms with E-state index in [1.54, 1.807) is 33.5 Å². The number of hydrogen-bond acceptors (Lipinski definition) is 4. The van der Waals surface area contributed by atoms with Crippen LogP contribution in [0.4, 0.5) is 0 Å². The van der Waals surface area contributed by atoms with Crippen LogP contribution in [0.1, 0.15) is 5.69 Å². The molecule has 0 atom stereocenters.